The molecule has 2 aromatic rings. The smallest absolute Gasteiger partial charge is 0.213 e. The SMILES string of the molecule is C=Cc1ccc(OCCCCCOc2ccc(C=C)cn2)nc1. The molecule has 0 bridgehead atoms. The number of pyridine rings is 2. The van der Waals surface area contributed by atoms with Crippen LogP contribution in [-0.4, -0.2) is 23.2 Å². The van der Waals surface area contributed by atoms with E-state index in [2.05, 4.69) is 23.1 Å². The van der Waals surface area contributed by atoms with Crippen molar-refractivity contribution >= 4 is 12.2 Å². The minimum atomic E-state index is 0.651. The highest BCUT2D eigenvalue weighted by Gasteiger charge is 1.97. The first-order chi connectivity index (χ1) is 11.3. The number of hydrogen-bond acceptors (Lipinski definition) is 4. The van der Waals surface area contributed by atoms with Gasteiger partial charge in [-0.25, -0.2) is 9.97 Å². The van der Waals surface area contributed by atoms with E-state index < -0.39 is 0 Å². The van der Waals surface area contributed by atoms with Gasteiger partial charge >= 0.3 is 0 Å². The van der Waals surface area contributed by atoms with Gasteiger partial charge in [-0.2, -0.15) is 0 Å². The van der Waals surface area contributed by atoms with Crippen LogP contribution in [0.4, 0.5) is 0 Å². The monoisotopic (exact) mass is 310 g/mol. The molecule has 0 aliphatic carbocycles. The van der Waals surface area contributed by atoms with Gasteiger partial charge in [-0.3, -0.25) is 0 Å². The molecule has 0 amide bonds. The molecule has 0 saturated heterocycles. The van der Waals surface area contributed by atoms with Crippen LogP contribution in [0.2, 0.25) is 0 Å². The van der Waals surface area contributed by atoms with Crippen LogP contribution in [0.1, 0.15) is 30.4 Å². The molecule has 0 N–H and O–H groups in total. The molecule has 2 heterocycles. The van der Waals surface area contributed by atoms with E-state index in [-0.39, 0.29) is 0 Å². The van der Waals surface area contributed by atoms with Crippen molar-refractivity contribution in [2.24, 2.45) is 0 Å². The number of ether oxygens (including phenoxy) is 2. The summed E-state index contributed by atoms with van der Waals surface area (Å²) in [5.41, 5.74) is 1.98. The van der Waals surface area contributed by atoms with Crippen LogP contribution in [0.15, 0.2) is 49.8 Å². The molecule has 2 rings (SSSR count). The van der Waals surface area contributed by atoms with Gasteiger partial charge in [-0.1, -0.05) is 25.3 Å². The molecule has 0 aromatic carbocycles. The first-order valence-electron chi connectivity index (χ1n) is 7.74. The second-order valence-corrected chi connectivity index (χ2v) is 5.03. The summed E-state index contributed by atoms with van der Waals surface area (Å²) >= 11 is 0. The Bertz CT molecular complexity index is 551. The van der Waals surface area contributed by atoms with E-state index in [9.17, 15) is 0 Å². The quantitative estimate of drug-likeness (QED) is 0.610. The zero-order valence-corrected chi connectivity index (χ0v) is 13.3. The van der Waals surface area contributed by atoms with Crippen LogP contribution < -0.4 is 9.47 Å². The van der Waals surface area contributed by atoms with Crippen LogP contribution in [0.5, 0.6) is 11.8 Å². The molecule has 0 aliphatic heterocycles. The normalized spacial score (nSPS) is 10.1. The molecule has 0 spiro atoms. The predicted molar refractivity (Wildman–Crippen MR) is 93.5 cm³/mol. The first kappa shape index (κ1) is 16.7. The summed E-state index contributed by atoms with van der Waals surface area (Å²) in [6.45, 7) is 8.71. The fourth-order valence-corrected chi connectivity index (χ4v) is 1.93. The molecule has 0 aliphatic rings. The van der Waals surface area contributed by atoms with Crippen molar-refractivity contribution < 1.29 is 9.47 Å². The molecule has 0 fully saturated rings. The highest BCUT2D eigenvalue weighted by Crippen LogP contribution is 2.11. The van der Waals surface area contributed by atoms with Crippen LogP contribution in [0.3, 0.4) is 0 Å². The lowest BCUT2D eigenvalue weighted by Gasteiger charge is -2.07. The number of aromatic nitrogens is 2. The average molecular weight is 310 g/mol. The topological polar surface area (TPSA) is 44.2 Å². The lowest BCUT2D eigenvalue weighted by atomic mass is 10.2. The molecule has 0 saturated carbocycles. The van der Waals surface area contributed by atoms with Crippen molar-refractivity contribution in [2.75, 3.05) is 13.2 Å². The molecule has 0 radical (unpaired) electrons. The lowest BCUT2D eigenvalue weighted by molar-refractivity contribution is 0.269. The first-order valence-corrected chi connectivity index (χ1v) is 7.74. The van der Waals surface area contributed by atoms with Gasteiger partial charge in [0.05, 0.1) is 13.2 Å². The van der Waals surface area contributed by atoms with E-state index >= 15 is 0 Å². The standard InChI is InChI=1S/C19H22N2O2/c1-3-16-8-10-18(20-14-16)22-12-6-5-7-13-23-19-11-9-17(4-2)15-21-19/h3-4,8-11,14-15H,1-2,5-7,12-13H2. The van der Waals surface area contributed by atoms with E-state index in [0.717, 1.165) is 30.4 Å². The largest absolute Gasteiger partial charge is 0.478 e. The molecular formula is C19H22N2O2. The summed E-state index contributed by atoms with van der Waals surface area (Å²) in [5, 5.41) is 0. The van der Waals surface area contributed by atoms with E-state index in [4.69, 9.17) is 9.47 Å². The lowest BCUT2D eigenvalue weighted by Crippen LogP contribution is -2.02. The van der Waals surface area contributed by atoms with Gasteiger partial charge in [0.15, 0.2) is 0 Å². The Hall–Kier alpha value is -2.62. The Morgan fingerprint density at radius 2 is 1.22 bits per heavy atom. The Labute approximate surface area is 137 Å². The molecule has 23 heavy (non-hydrogen) atoms. The van der Waals surface area contributed by atoms with Crippen molar-refractivity contribution in [3.63, 3.8) is 0 Å². The van der Waals surface area contributed by atoms with Gasteiger partial charge in [0, 0.05) is 24.5 Å². The predicted octanol–water partition coefficient (Wildman–Crippen LogP) is 4.39. The Kier molecular flexibility index (Phi) is 6.85. The number of unbranched alkanes of at least 4 members (excludes halogenated alkanes) is 2. The minimum absolute atomic E-state index is 0.651. The second kappa shape index (κ2) is 9.41. The van der Waals surface area contributed by atoms with Crippen molar-refractivity contribution in [3.8, 4) is 11.8 Å². The van der Waals surface area contributed by atoms with E-state index in [1.54, 1.807) is 24.5 Å². The zero-order valence-electron chi connectivity index (χ0n) is 13.3. The Morgan fingerprint density at radius 3 is 1.57 bits per heavy atom. The Balaban J connectivity index is 1.54. The third-order valence-corrected chi connectivity index (χ3v) is 3.28. The number of nitrogens with zero attached hydrogens (tertiary/aromatic N) is 2. The fourth-order valence-electron chi connectivity index (χ4n) is 1.93. The minimum Gasteiger partial charge on any atom is -0.478 e. The maximum Gasteiger partial charge on any atom is 0.213 e. The van der Waals surface area contributed by atoms with E-state index in [1.807, 2.05) is 24.3 Å². The van der Waals surface area contributed by atoms with Crippen molar-refractivity contribution in [3.05, 3.63) is 60.9 Å². The fraction of sp³-hybridized carbons (Fsp3) is 0.263. The summed E-state index contributed by atoms with van der Waals surface area (Å²) < 4.78 is 11.2. The Morgan fingerprint density at radius 1 is 0.739 bits per heavy atom. The summed E-state index contributed by atoms with van der Waals surface area (Å²) in [7, 11) is 0. The molecule has 2 aromatic heterocycles. The van der Waals surface area contributed by atoms with Gasteiger partial charge in [-0.05, 0) is 42.5 Å². The average Bonchev–Trinajstić information content (AvgIpc) is 2.62. The maximum absolute atomic E-state index is 5.59. The molecule has 0 unspecified atom stereocenters. The summed E-state index contributed by atoms with van der Waals surface area (Å²) in [6, 6.07) is 7.60. The highest BCUT2D eigenvalue weighted by molar-refractivity contribution is 5.46. The second-order valence-electron chi connectivity index (χ2n) is 5.03. The molecule has 4 nitrogen and oxygen atoms in total. The van der Waals surface area contributed by atoms with E-state index in [1.165, 1.54) is 0 Å². The third kappa shape index (κ3) is 5.94. The highest BCUT2D eigenvalue weighted by atomic mass is 16.5. The summed E-state index contributed by atoms with van der Waals surface area (Å²) in [4.78, 5) is 8.41. The molecule has 4 heteroatoms. The number of hydrogen-bond donors (Lipinski definition) is 0. The van der Waals surface area contributed by atoms with Crippen LogP contribution in [0.25, 0.3) is 12.2 Å². The molecular weight excluding hydrogens is 288 g/mol. The van der Waals surface area contributed by atoms with Crippen molar-refractivity contribution in [1.29, 1.82) is 0 Å². The molecule has 120 valence electrons. The van der Waals surface area contributed by atoms with Gasteiger partial charge in [-0.15, -0.1) is 0 Å². The zero-order chi connectivity index (χ0) is 16.3. The molecule has 0 atom stereocenters. The maximum atomic E-state index is 5.59. The van der Waals surface area contributed by atoms with Crippen molar-refractivity contribution in [1.82, 2.24) is 9.97 Å². The van der Waals surface area contributed by atoms with Gasteiger partial charge in [0.1, 0.15) is 0 Å². The summed E-state index contributed by atoms with van der Waals surface area (Å²) in [6.07, 6.45) is 10.00. The van der Waals surface area contributed by atoms with Gasteiger partial charge in [0.2, 0.25) is 11.8 Å². The van der Waals surface area contributed by atoms with Crippen LogP contribution in [-0.2, 0) is 0 Å². The van der Waals surface area contributed by atoms with Gasteiger partial charge in [0.25, 0.3) is 0 Å². The van der Waals surface area contributed by atoms with E-state index in [0.29, 0.717) is 25.0 Å². The van der Waals surface area contributed by atoms with Crippen LogP contribution in [0, 0.1) is 0 Å². The van der Waals surface area contributed by atoms with Gasteiger partial charge < -0.3 is 9.47 Å². The summed E-state index contributed by atoms with van der Waals surface area (Å²) in [5.74, 6) is 1.30. The third-order valence-electron chi connectivity index (χ3n) is 3.28. The number of rotatable bonds is 10. The van der Waals surface area contributed by atoms with Crippen LogP contribution >= 0.6 is 0 Å². The van der Waals surface area contributed by atoms with Crippen molar-refractivity contribution in [2.45, 2.75) is 19.3 Å².